The van der Waals surface area contributed by atoms with Gasteiger partial charge >= 0.3 is 0 Å². The monoisotopic (exact) mass is 464 g/mol. The molecule has 0 bridgehead atoms. The SMILES string of the molecule is CC1CCN(C(=O)c2cccc(NC(=O)COc3ccc(Br)cc3Cl)c2)CC1. The fourth-order valence-corrected chi connectivity index (χ4v) is 3.78. The van der Waals surface area contributed by atoms with Gasteiger partial charge in [-0.1, -0.05) is 40.5 Å². The topological polar surface area (TPSA) is 58.6 Å². The predicted octanol–water partition coefficient (Wildman–Crippen LogP) is 4.99. The van der Waals surface area contributed by atoms with Crippen LogP contribution >= 0.6 is 27.5 Å². The van der Waals surface area contributed by atoms with Crippen molar-refractivity contribution >= 4 is 45.0 Å². The molecule has 2 aromatic rings. The number of likely N-dealkylation sites (tertiary alicyclic amines) is 1. The van der Waals surface area contributed by atoms with Gasteiger partial charge in [-0.25, -0.2) is 0 Å². The summed E-state index contributed by atoms with van der Waals surface area (Å²) in [6.45, 7) is 3.59. The third-order valence-electron chi connectivity index (χ3n) is 4.72. The second-order valence-electron chi connectivity index (χ2n) is 6.97. The van der Waals surface area contributed by atoms with E-state index in [0.717, 1.165) is 30.4 Å². The minimum atomic E-state index is -0.324. The van der Waals surface area contributed by atoms with Gasteiger partial charge in [0, 0.05) is 28.8 Å². The number of hydrogen-bond donors (Lipinski definition) is 1. The van der Waals surface area contributed by atoms with Gasteiger partial charge in [0.1, 0.15) is 5.75 Å². The van der Waals surface area contributed by atoms with Crippen molar-refractivity contribution < 1.29 is 14.3 Å². The number of anilines is 1. The van der Waals surface area contributed by atoms with Gasteiger partial charge in [0.15, 0.2) is 6.61 Å². The van der Waals surface area contributed by atoms with Crippen LogP contribution in [0.1, 0.15) is 30.1 Å². The molecule has 0 radical (unpaired) electrons. The maximum atomic E-state index is 12.7. The number of nitrogens with one attached hydrogen (secondary N) is 1. The molecule has 28 heavy (non-hydrogen) atoms. The van der Waals surface area contributed by atoms with Gasteiger partial charge in [0.2, 0.25) is 0 Å². The Labute approximate surface area is 178 Å². The standard InChI is InChI=1S/C21H22BrClN2O3/c1-14-7-9-25(10-8-14)21(27)15-3-2-4-17(11-15)24-20(26)13-28-19-6-5-16(22)12-18(19)23/h2-6,11-12,14H,7-10,13H2,1H3,(H,24,26). The van der Waals surface area contributed by atoms with Crippen molar-refractivity contribution in [3.05, 3.63) is 57.5 Å². The van der Waals surface area contributed by atoms with Gasteiger partial charge in [-0.2, -0.15) is 0 Å². The van der Waals surface area contributed by atoms with E-state index >= 15 is 0 Å². The minimum Gasteiger partial charge on any atom is -0.482 e. The Balaban J connectivity index is 1.57. The van der Waals surface area contributed by atoms with Crippen LogP contribution in [0, 0.1) is 5.92 Å². The van der Waals surface area contributed by atoms with Crippen LogP contribution in [0.2, 0.25) is 5.02 Å². The Morgan fingerprint density at radius 2 is 1.96 bits per heavy atom. The summed E-state index contributed by atoms with van der Waals surface area (Å²) < 4.78 is 6.30. The summed E-state index contributed by atoms with van der Waals surface area (Å²) in [5, 5.41) is 3.18. The van der Waals surface area contributed by atoms with Crippen LogP contribution in [0.3, 0.4) is 0 Å². The molecule has 0 saturated carbocycles. The van der Waals surface area contributed by atoms with Gasteiger partial charge in [0.05, 0.1) is 5.02 Å². The van der Waals surface area contributed by atoms with Gasteiger partial charge in [0.25, 0.3) is 11.8 Å². The maximum Gasteiger partial charge on any atom is 0.262 e. The molecule has 1 saturated heterocycles. The number of carbonyl (C=O) groups is 2. The van der Waals surface area contributed by atoms with Crippen molar-refractivity contribution in [1.29, 1.82) is 0 Å². The van der Waals surface area contributed by atoms with Crippen molar-refractivity contribution in [3.63, 3.8) is 0 Å². The van der Waals surface area contributed by atoms with E-state index in [4.69, 9.17) is 16.3 Å². The van der Waals surface area contributed by atoms with Crippen molar-refractivity contribution in [2.45, 2.75) is 19.8 Å². The Hall–Kier alpha value is -2.05. The van der Waals surface area contributed by atoms with E-state index in [0.29, 0.717) is 27.9 Å². The van der Waals surface area contributed by atoms with Gasteiger partial charge in [-0.3, -0.25) is 9.59 Å². The molecule has 1 N–H and O–H groups in total. The number of piperidine rings is 1. The zero-order valence-corrected chi connectivity index (χ0v) is 17.9. The molecule has 1 fully saturated rings. The van der Waals surface area contributed by atoms with Crippen LogP contribution < -0.4 is 10.1 Å². The Bertz CT molecular complexity index is 866. The quantitative estimate of drug-likeness (QED) is 0.676. The molecule has 1 heterocycles. The van der Waals surface area contributed by atoms with Crippen LogP contribution in [-0.2, 0) is 4.79 Å². The van der Waals surface area contributed by atoms with Gasteiger partial charge in [-0.05, 0) is 55.2 Å². The summed E-state index contributed by atoms with van der Waals surface area (Å²) in [5.41, 5.74) is 1.14. The molecule has 148 valence electrons. The first-order valence-corrected chi connectivity index (χ1v) is 10.4. The molecular weight excluding hydrogens is 444 g/mol. The number of nitrogens with zero attached hydrogens (tertiary/aromatic N) is 1. The van der Waals surface area contributed by atoms with Crippen molar-refractivity contribution in [1.82, 2.24) is 4.90 Å². The Morgan fingerprint density at radius 1 is 1.21 bits per heavy atom. The normalized spacial score (nSPS) is 14.6. The predicted molar refractivity (Wildman–Crippen MR) is 114 cm³/mol. The summed E-state index contributed by atoms with van der Waals surface area (Å²) in [4.78, 5) is 26.8. The fourth-order valence-electron chi connectivity index (χ4n) is 3.06. The number of rotatable bonds is 5. The first kappa shape index (κ1) is 20.7. The number of amides is 2. The second-order valence-corrected chi connectivity index (χ2v) is 8.29. The second kappa shape index (κ2) is 9.43. The van der Waals surface area contributed by atoms with E-state index in [2.05, 4.69) is 28.2 Å². The largest absolute Gasteiger partial charge is 0.482 e. The average Bonchev–Trinajstić information content (AvgIpc) is 2.67. The molecule has 2 aromatic carbocycles. The highest BCUT2D eigenvalue weighted by molar-refractivity contribution is 9.10. The molecule has 0 unspecified atom stereocenters. The maximum absolute atomic E-state index is 12.7. The van der Waals surface area contributed by atoms with E-state index in [1.807, 2.05) is 4.90 Å². The van der Waals surface area contributed by atoms with Crippen molar-refractivity contribution in [2.24, 2.45) is 5.92 Å². The number of carbonyl (C=O) groups excluding carboxylic acids is 2. The molecule has 0 aromatic heterocycles. The molecule has 0 spiro atoms. The zero-order chi connectivity index (χ0) is 20.1. The Morgan fingerprint density at radius 3 is 2.68 bits per heavy atom. The highest BCUT2D eigenvalue weighted by Crippen LogP contribution is 2.27. The fraction of sp³-hybridized carbons (Fsp3) is 0.333. The van der Waals surface area contributed by atoms with Gasteiger partial charge in [-0.15, -0.1) is 0 Å². The van der Waals surface area contributed by atoms with Crippen LogP contribution in [0.4, 0.5) is 5.69 Å². The molecule has 2 amide bonds. The minimum absolute atomic E-state index is 0.000827. The first-order chi connectivity index (χ1) is 13.4. The highest BCUT2D eigenvalue weighted by Gasteiger charge is 2.21. The van der Waals surface area contributed by atoms with Crippen LogP contribution in [0.5, 0.6) is 5.75 Å². The number of ether oxygens (including phenoxy) is 1. The average molecular weight is 466 g/mol. The number of benzene rings is 2. The lowest BCUT2D eigenvalue weighted by Crippen LogP contribution is -2.37. The summed E-state index contributed by atoms with van der Waals surface area (Å²) >= 11 is 9.40. The van der Waals surface area contributed by atoms with E-state index < -0.39 is 0 Å². The van der Waals surface area contributed by atoms with Crippen LogP contribution in [-0.4, -0.2) is 36.4 Å². The summed E-state index contributed by atoms with van der Waals surface area (Å²) in [5.74, 6) is 0.772. The zero-order valence-electron chi connectivity index (χ0n) is 15.6. The van der Waals surface area contributed by atoms with Crippen LogP contribution in [0.15, 0.2) is 46.9 Å². The molecule has 7 heteroatoms. The van der Waals surface area contributed by atoms with Crippen LogP contribution in [0.25, 0.3) is 0 Å². The molecular formula is C21H22BrClN2O3. The molecule has 1 aliphatic heterocycles. The molecule has 1 aliphatic rings. The molecule has 0 atom stereocenters. The van der Waals surface area contributed by atoms with E-state index in [9.17, 15) is 9.59 Å². The smallest absolute Gasteiger partial charge is 0.262 e. The lowest BCUT2D eigenvalue weighted by atomic mass is 9.98. The highest BCUT2D eigenvalue weighted by atomic mass is 79.9. The summed E-state index contributed by atoms with van der Waals surface area (Å²) in [6.07, 6.45) is 2.05. The van der Waals surface area contributed by atoms with E-state index in [-0.39, 0.29) is 18.4 Å². The van der Waals surface area contributed by atoms with Crippen molar-refractivity contribution in [3.8, 4) is 5.75 Å². The first-order valence-electron chi connectivity index (χ1n) is 9.19. The number of hydrogen-bond acceptors (Lipinski definition) is 3. The van der Waals surface area contributed by atoms with Gasteiger partial charge < -0.3 is 15.0 Å². The lowest BCUT2D eigenvalue weighted by molar-refractivity contribution is -0.118. The third kappa shape index (κ3) is 5.49. The molecule has 3 rings (SSSR count). The van der Waals surface area contributed by atoms with E-state index in [1.54, 1.807) is 42.5 Å². The molecule has 5 nitrogen and oxygen atoms in total. The number of halogens is 2. The molecule has 0 aliphatic carbocycles. The Kier molecular flexibility index (Phi) is 6.97. The summed E-state index contributed by atoms with van der Waals surface area (Å²) in [6, 6.07) is 12.2. The van der Waals surface area contributed by atoms with E-state index in [1.165, 1.54) is 0 Å². The van der Waals surface area contributed by atoms with Crippen molar-refractivity contribution in [2.75, 3.05) is 25.0 Å². The third-order valence-corrected chi connectivity index (χ3v) is 5.51. The summed E-state index contributed by atoms with van der Waals surface area (Å²) in [7, 11) is 0. The lowest BCUT2D eigenvalue weighted by Gasteiger charge is -2.30.